The molecule has 0 radical (unpaired) electrons. The number of hydrogen-bond donors (Lipinski definition) is 0. The van der Waals surface area contributed by atoms with Gasteiger partial charge in [0.25, 0.3) is 0 Å². The average molecular weight is 275 g/mol. The Bertz CT molecular complexity index is 466. The highest BCUT2D eigenvalue weighted by Gasteiger charge is 2.44. The molecule has 1 aliphatic carbocycles. The number of Topliss-reactive ketones (excluding diaryl/α,β-unsaturated/α-hetero) is 1. The lowest BCUT2D eigenvalue weighted by atomic mass is 9.68. The van der Waals surface area contributed by atoms with Crippen LogP contribution in [0.3, 0.4) is 0 Å². The van der Waals surface area contributed by atoms with Crippen molar-refractivity contribution in [3.05, 3.63) is 29.6 Å². The number of aryl methyl sites for hydroxylation is 1. The molecule has 0 aromatic carbocycles. The second-order valence-electron chi connectivity index (χ2n) is 6.61. The SMILES string of the molecule is CCOC1(C(=O)c2ccc(C)nc2)CCC(C)(C)CC1. The Kier molecular flexibility index (Phi) is 4.28. The van der Waals surface area contributed by atoms with Crippen LogP contribution < -0.4 is 0 Å². The van der Waals surface area contributed by atoms with Crippen LogP contribution in [0, 0.1) is 12.3 Å². The molecule has 3 nitrogen and oxygen atoms in total. The molecule has 0 N–H and O–H groups in total. The summed E-state index contributed by atoms with van der Waals surface area (Å²) < 4.78 is 5.93. The van der Waals surface area contributed by atoms with E-state index in [0.717, 1.165) is 31.4 Å². The van der Waals surface area contributed by atoms with E-state index in [1.54, 1.807) is 6.20 Å². The molecule has 0 unspecified atom stereocenters. The number of ether oxygens (including phenoxy) is 1. The molecule has 0 aliphatic heterocycles. The molecule has 1 aromatic rings. The van der Waals surface area contributed by atoms with E-state index in [-0.39, 0.29) is 5.78 Å². The van der Waals surface area contributed by atoms with Gasteiger partial charge in [0.2, 0.25) is 0 Å². The van der Waals surface area contributed by atoms with Crippen molar-refractivity contribution in [2.24, 2.45) is 5.41 Å². The van der Waals surface area contributed by atoms with Crippen LogP contribution in [0.25, 0.3) is 0 Å². The van der Waals surface area contributed by atoms with Gasteiger partial charge in [-0.1, -0.05) is 13.8 Å². The largest absolute Gasteiger partial charge is 0.367 e. The smallest absolute Gasteiger partial charge is 0.196 e. The molecule has 3 heteroatoms. The van der Waals surface area contributed by atoms with Gasteiger partial charge in [-0.05, 0) is 57.1 Å². The minimum atomic E-state index is -0.638. The van der Waals surface area contributed by atoms with Crippen molar-refractivity contribution in [2.75, 3.05) is 6.61 Å². The van der Waals surface area contributed by atoms with Gasteiger partial charge in [-0.2, -0.15) is 0 Å². The number of ketones is 1. The van der Waals surface area contributed by atoms with E-state index < -0.39 is 5.60 Å². The number of pyridine rings is 1. The van der Waals surface area contributed by atoms with Crippen LogP contribution in [0.5, 0.6) is 0 Å². The Morgan fingerprint density at radius 2 is 1.90 bits per heavy atom. The Balaban J connectivity index is 2.24. The van der Waals surface area contributed by atoms with E-state index in [2.05, 4.69) is 18.8 Å². The molecule has 1 saturated carbocycles. The summed E-state index contributed by atoms with van der Waals surface area (Å²) in [4.78, 5) is 17.1. The minimum Gasteiger partial charge on any atom is -0.367 e. The Morgan fingerprint density at radius 1 is 1.25 bits per heavy atom. The first kappa shape index (κ1) is 15.2. The summed E-state index contributed by atoms with van der Waals surface area (Å²) in [6.07, 6.45) is 5.34. The van der Waals surface area contributed by atoms with Crippen molar-refractivity contribution in [2.45, 2.75) is 59.0 Å². The molecular formula is C17H25NO2. The summed E-state index contributed by atoms with van der Waals surface area (Å²) in [5.41, 5.74) is 1.27. The van der Waals surface area contributed by atoms with Crippen LogP contribution in [0.15, 0.2) is 18.3 Å². The Hall–Kier alpha value is -1.22. The number of aromatic nitrogens is 1. The third kappa shape index (κ3) is 3.09. The normalized spacial score (nSPS) is 20.6. The molecular weight excluding hydrogens is 250 g/mol. The van der Waals surface area contributed by atoms with Crippen LogP contribution in [-0.2, 0) is 4.74 Å². The first-order chi connectivity index (χ1) is 9.38. The van der Waals surface area contributed by atoms with E-state index in [0.29, 0.717) is 17.6 Å². The quantitative estimate of drug-likeness (QED) is 0.781. The highest BCUT2D eigenvalue weighted by Crippen LogP contribution is 2.43. The highest BCUT2D eigenvalue weighted by atomic mass is 16.5. The van der Waals surface area contributed by atoms with Crippen molar-refractivity contribution in [1.29, 1.82) is 0 Å². The molecule has 2 rings (SSSR count). The molecule has 0 atom stereocenters. The maximum absolute atomic E-state index is 12.9. The van der Waals surface area contributed by atoms with Gasteiger partial charge >= 0.3 is 0 Å². The lowest BCUT2D eigenvalue weighted by Crippen LogP contribution is -2.46. The molecule has 1 aromatic heterocycles. The molecule has 1 fully saturated rings. The molecule has 0 saturated heterocycles. The zero-order valence-electron chi connectivity index (χ0n) is 13.0. The minimum absolute atomic E-state index is 0.0994. The van der Waals surface area contributed by atoms with Crippen molar-refractivity contribution >= 4 is 5.78 Å². The highest BCUT2D eigenvalue weighted by molar-refractivity contribution is 6.02. The maximum atomic E-state index is 12.9. The number of hydrogen-bond acceptors (Lipinski definition) is 3. The van der Waals surface area contributed by atoms with Crippen molar-refractivity contribution in [3.8, 4) is 0 Å². The summed E-state index contributed by atoms with van der Waals surface area (Å²) in [5, 5.41) is 0. The van der Waals surface area contributed by atoms with Gasteiger partial charge in [-0.25, -0.2) is 0 Å². The monoisotopic (exact) mass is 275 g/mol. The summed E-state index contributed by atoms with van der Waals surface area (Å²) in [6.45, 7) is 8.99. The summed E-state index contributed by atoms with van der Waals surface area (Å²) in [5.74, 6) is 0.0994. The van der Waals surface area contributed by atoms with Crippen molar-refractivity contribution in [3.63, 3.8) is 0 Å². The van der Waals surface area contributed by atoms with Crippen LogP contribution in [0.2, 0.25) is 0 Å². The number of rotatable bonds is 4. The molecule has 1 aliphatic rings. The van der Waals surface area contributed by atoms with E-state index in [9.17, 15) is 4.79 Å². The van der Waals surface area contributed by atoms with Crippen LogP contribution in [0.1, 0.15) is 62.5 Å². The van der Waals surface area contributed by atoms with Crippen LogP contribution in [-0.4, -0.2) is 23.0 Å². The van der Waals surface area contributed by atoms with Crippen LogP contribution in [0.4, 0.5) is 0 Å². The Morgan fingerprint density at radius 3 is 2.40 bits per heavy atom. The molecule has 1 heterocycles. The molecule has 0 spiro atoms. The van der Waals surface area contributed by atoms with Gasteiger partial charge in [-0.3, -0.25) is 9.78 Å². The molecule has 110 valence electrons. The van der Waals surface area contributed by atoms with Crippen molar-refractivity contribution < 1.29 is 9.53 Å². The Labute approximate surface area is 121 Å². The zero-order valence-corrected chi connectivity index (χ0v) is 13.0. The van der Waals surface area contributed by atoms with Crippen molar-refractivity contribution in [1.82, 2.24) is 4.98 Å². The standard InChI is InChI=1S/C17H25NO2/c1-5-20-17(10-8-16(3,4)9-11-17)15(19)14-7-6-13(2)18-12-14/h6-7,12H,5,8-11H2,1-4H3. The van der Waals surface area contributed by atoms with Gasteiger partial charge in [-0.15, -0.1) is 0 Å². The first-order valence-corrected chi connectivity index (χ1v) is 7.50. The summed E-state index contributed by atoms with van der Waals surface area (Å²) in [6, 6.07) is 3.75. The lowest BCUT2D eigenvalue weighted by Gasteiger charge is -2.42. The summed E-state index contributed by atoms with van der Waals surface area (Å²) in [7, 11) is 0. The summed E-state index contributed by atoms with van der Waals surface area (Å²) >= 11 is 0. The predicted molar refractivity (Wildman–Crippen MR) is 79.9 cm³/mol. The molecule has 20 heavy (non-hydrogen) atoms. The fourth-order valence-corrected chi connectivity index (χ4v) is 2.91. The average Bonchev–Trinajstić information content (AvgIpc) is 2.42. The second kappa shape index (κ2) is 5.65. The number of nitrogens with zero attached hydrogens (tertiary/aromatic N) is 1. The molecule has 0 amide bonds. The van der Waals surface area contributed by atoms with E-state index in [4.69, 9.17) is 4.74 Å². The van der Waals surface area contributed by atoms with E-state index in [1.165, 1.54) is 0 Å². The predicted octanol–water partition coefficient (Wildman–Crippen LogP) is 3.95. The fourth-order valence-electron chi connectivity index (χ4n) is 2.91. The topological polar surface area (TPSA) is 39.2 Å². The van der Waals surface area contributed by atoms with Gasteiger partial charge in [0.15, 0.2) is 5.78 Å². The lowest BCUT2D eigenvalue weighted by molar-refractivity contribution is -0.0580. The van der Waals surface area contributed by atoms with Gasteiger partial charge < -0.3 is 4.74 Å². The number of carbonyl (C=O) groups is 1. The van der Waals surface area contributed by atoms with Gasteiger partial charge in [0.1, 0.15) is 5.60 Å². The third-order valence-corrected chi connectivity index (χ3v) is 4.42. The fraction of sp³-hybridized carbons (Fsp3) is 0.647. The zero-order chi connectivity index (χ0) is 14.8. The van der Waals surface area contributed by atoms with Crippen LogP contribution >= 0.6 is 0 Å². The number of carbonyl (C=O) groups excluding carboxylic acids is 1. The van der Waals surface area contributed by atoms with E-state index in [1.807, 2.05) is 26.0 Å². The maximum Gasteiger partial charge on any atom is 0.196 e. The molecule has 0 bridgehead atoms. The van der Waals surface area contributed by atoms with E-state index >= 15 is 0 Å². The second-order valence-corrected chi connectivity index (χ2v) is 6.61. The van der Waals surface area contributed by atoms with Gasteiger partial charge in [0, 0.05) is 24.1 Å². The first-order valence-electron chi connectivity index (χ1n) is 7.50. The van der Waals surface area contributed by atoms with Gasteiger partial charge in [0.05, 0.1) is 0 Å². The third-order valence-electron chi connectivity index (χ3n) is 4.42.